The molecule has 0 radical (unpaired) electrons. The summed E-state index contributed by atoms with van der Waals surface area (Å²) in [6.45, 7) is -2.98. The Balaban J connectivity index is 2.19. The number of aliphatic hydroxyl groups is 1. The fourth-order valence-corrected chi connectivity index (χ4v) is 2.17. The molecule has 3 N–H and O–H groups in total. The van der Waals surface area contributed by atoms with Gasteiger partial charge in [-0.1, -0.05) is 30.3 Å². The van der Waals surface area contributed by atoms with Crippen LogP contribution < -0.4 is 15.4 Å². The Morgan fingerprint density at radius 2 is 1.92 bits per heavy atom. The lowest BCUT2D eigenvalue weighted by molar-refractivity contribution is -0.0503. The Bertz CT molecular complexity index is 666. The number of alkyl halides is 2. The van der Waals surface area contributed by atoms with Gasteiger partial charge >= 0.3 is 12.6 Å². The van der Waals surface area contributed by atoms with Gasteiger partial charge in [-0.25, -0.2) is 4.79 Å². The Labute approximate surface area is 138 Å². The van der Waals surface area contributed by atoms with Gasteiger partial charge in [0.15, 0.2) is 0 Å². The van der Waals surface area contributed by atoms with Gasteiger partial charge < -0.3 is 20.5 Å². The predicted molar refractivity (Wildman–Crippen MR) is 86.4 cm³/mol. The maximum atomic E-state index is 12.6. The number of benzene rings is 2. The fraction of sp³-hybridized carbons (Fsp3) is 0.235. The normalized spacial score (nSPS) is 10.5. The van der Waals surface area contributed by atoms with Gasteiger partial charge in [0.05, 0.1) is 6.61 Å². The summed E-state index contributed by atoms with van der Waals surface area (Å²) >= 11 is 0. The third-order valence-electron chi connectivity index (χ3n) is 3.17. The molecule has 0 spiro atoms. The van der Waals surface area contributed by atoms with E-state index in [1.807, 2.05) is 30.3 Å². The molecular formula is C17H18F2N2O3. The van der Waals surface area contributed by atoms with E-state index in [2.05, 4.69) is 15.4 Å². The molecule has 0 aliphatic carbocycles. The maximum Gasteiger partial charge on any atom is 0.387 e. The number of carbonyl (C=O) groups is 1. The smallest absolute Gasteiger partial charge is 0.387 e. The van der Waals surface area contributed by atoms with Crippen LogP contribution >= 0.6 is 0 Å². The Morgan fingerprint density at radius 3 is 2.58 bits per heavy atom. The lowest BCUT2D eigenvalue weighted by Gasteiger charge is -2.14. The van der Waals surface area contributed by atoms with Crippen molar-refractivity contribution in [3.05, 3.63) is 59.7 Å². The SMILES string of the molecule is O=C(NCCO)Nc1ccc(OC(F)F)c(Cc2ccccc2)c1. The number of rotatable bonds is 7. The van der Waals surface area contributed by atoms with Crippen molar-refractivity contribution in [3.63, 3.8) is 0 Å². The monoisotopic (exact) mass is 336 g/mol. The standard InChI is InChI=1S/C17H18F2N2O3/c18-16(19)24-15-7-6-14(21-17(23)20-8-9-22)11-13(15)10-12-4-2-1-3-5-12/h1-7,11,16,22H,8-10H2,(H2,20,21,23). The van der Waals surface area contributed by atoms with Crippen molar-refractivity contribution in [3.8, 4) is 5.75 Å². The van der Waals surface area contributed by atoms with Crippen molar-refractivity contribution in [2.45, 2.75) is 13.0 Å². The highest BCUT2D eigenvalue weighted by molar-refractivity contribution is 5.89. The van der Waals surface area contributed by atoms with Crippen LogP contribution in [0.5, 0.6) is 5.75 Å². The van der Waals surface area contributed by atoms with Crippen molar-refractivity contribution in [2.24, 2.45) is 0 Å². The first kappa shape index (κ1) is 17.7. The molecule has 0 aliphatic heterocycles. The van der Waals surface area contributed by atoms with E-state index in [9.17, 15) is 13.6 Å². The van der Waals surface area contributed by atoms with Gasteiger partial charge in [0.25, 0.3) is 0 Å². The highest BCUT2D eigenvalue weighted by Gasteiger charge is 2.12. The molecular weight excluding hydrogens is 318 g/mol. The first-order chi connectivity index (χ1) is 11.6. The van der Waals surface area contributed by atoms with Crippen molar-refractivity contribution < 1.29 is 23.4 Å². The number of aliphatic hydroxyl groups excluding tert-OH is 1. The highest BCUT2D eigenvalue weighted by Crippen LogP contribution is 2.27. The van der Waals surface area contributed by atoms with Gasteiger partial charge in [0.2, 0.25) is 0 Å². The van der Waals surface area contributed by atoms with E-state index >= 15 is 0 Å². The number of hydrogen-bond donors (Lipinski definition) is 3. The summed E-state index contributed by atoms with van der Waals surface area (Å²) in [5.74, 6) is 0.0650. The molecule has 0 heterocycles. The van der Waals surface area contributed by atoms with Crippen molar-refractivity contribution in [2.75, 3.05) is 18.5 Å². The Morgan fingerprint density at radius 1 is 1.17 bits per heavy atom. The third kappa shape index (κ3) is 5.51. The van der Waals surface area contributed by atoms with E-state index in [0.29, 0.717) is 17.7 Å². The molecule has 0 bridgehead atoms. The zero-order valence-corrected chi connectivity index (χ0v) is 12.8. The van der Waals surface area contributed by atoms with Gasteiger partial charge in [0.1, 0.15) is 5.75 Å². The van der Waals surface area contributed by atoms with Crippen LogP contribution in [0.25, 0.3) is 0 Å². The summed E-state index contributed by atoms with van der Waals surface area (Å²) in [6.07, 6.45) is 0.386. The van der Waals surface area contributed by atoms with E-state index in [0.717, 1.165) is 5.56 Å². The van der Waals surface area contributed by atoms with E-state index in [4.69, 9.17) is 5.11 Å². The first-order valence-corrected chi connectivity index (χ1v) is 7.36. The zero-order valence-electron chi connectivity index (χ0n) is 12.8. The average Bonchev–Trinajstić information content (AvgIpc) is 2.56. The van der Waals surface area contributed by atoms with Crippen molar-refractivity contribution in [1.82, 2.24) is 5.32 Å². The van der Waals surface area contributed by atoms with Crippen LogP contribution in [0.2, 0.25) is 0 Å². The molecule has 0 aromatic heterocycles. The number of amides is 2. The summed E-state index contributed by atoms with van der Waals surface area (Å²) in [5, 5.41) is 13.7. The van der Waals surface area contributed by atoms with Gasteiger partial charge in [0, 0.05) is 24.2 Å². The molecule has 0 atom stereocenters. The second-order valence-electron chi connectivity index (χ2n) is 4.97. The topological polar surface area (TPSA) is 70.6 Å². The minimum atomic E-state index is -2.92. The van der Waals surface area contributed by atoms with Gasteiger partial charge in [-0.15, -0.1) is 0 Å². The number of carbonyl (C=O) groups excluding carboxylic acids is 1. The Hall–Kier alpha value is -2.67. The third-order valence-corrected chi connectivity index (χ3v) is 3.17. The molecule has 2 rings (SSSR count). The van der Waals surface area contributed by atoms with Crippen LogP contribution in [0.3, 0.4) is 0 Å². The molecule has 5 nitrogen and oxygen atoms in total. The molecule has 2 aromatic rings. The minimum absolute atomic E-state index is 0.0650. The van der Waals surface area contributed by atoms with Gasteiger partial charge in [-0.2, -0.15) is 8.78 Å². The summed E-state index contributed by atoms with van der Waals surface area (Å²) in [7, 11) is 0. The summed E-state index contributed by atoms with van der Waals surface area (Å²) in [5.41, 5.74) is 1.90. The largest absolute Gasteiger partial charge is 0.435 e. The number of ether oxygens (including phenoxy) is 1. The lowest BCUT2D eigenvalue weighted by Crippen LogP contribution is -2.31. The van der Waals surface area contributed by atoms with E-state index in [1.54, 1.807) is 6.07 Å². The van der Waals surface area contributed by atoms with E-state index in [1.165, 1.54) is 12.1 Å². The highest BCUT2D eigenvalue weighted by atomic mass is 19.3. The number of hydrogen-bond acceptors (Lipinski definition) is 3. The van der Waals surface area contributed by atoms with Crippen LogP contribution in [0.15, 0.2) is 48.5 Å². The second kappa shape index (κ2) is 8.83. The molecule has 0 saturated heterocycles. The van der Waals surface area contributed by atoms with Crippen LogP contribution in [-0.4, -0.2) is 30.9 Å². The van der Waals surface area contributed by atoms with Gasteiger partial charge in [-0.05, 0) is 23.8 Å². The molecule has 0 unspecified atom stereocenters. The molecule has 2 aromatic carbocycles. The lowest BCUT2D eigenvalue weighted by atomic mass is 10.0. The second-order valence-corrected chi connectivity index (χ2v) is 4.97. The zero-order chi connectivity index (χ0) is 17.4. The number of urea groups is 1. The molecule has 24 heavy (non-hydrogen) atoms. The molecule has 128 valence electrons. The van der Waals surface area contributed by atoms with E-state index in [-0.39, 0.29) is 18.9 Å². The van der Waals surface area contributed by atoms with Crippen molar-refractivity contribution >= 4 is 11.7 Å². The quantitative estimate of drug-likeness (QED) is 0.728. The maximum absolute atomic E-state index is 12.6. The minimum Gasteiger partial charge on any atom is -0.435 e. The van der Waals surface area contributed by atoms with Crippen LogP contribution in [0.4, 0.5) is 19.3 Å². The molecule has 2 amide bonds. The fourth-order valence-electron chi connectivity index (χ4n) is 2.17. The molecule has 0 aliphatic rings. The average molecular weight is 336 g/mol. The van der Waals surface area contributed by atoms with Crippen LogP contribution in [0, 0.1) is 0 Å². The summed E-state index contributed by atoms with van der Waals surface area (Å²) < 4.78 is 29.7. The van der Waals surface area contributed by atoms with Crippen molar-refractivity contribution in [1.29, 1.82) is 0 Å². The molecule has 7 heteroatoms. The van der Waals surface area contributed by atoms with Crippen LogP contribution in [-0.2, 0) is 6.42 Å². The van der Waals surface area contributed by atoms with Crippen LogP contribution in [0.1, 0.15) is 11.1 Å². The summed E-state index contributed by atoms with van der Waals surface area (Å²) in [4.78, 5) is 11.6. The van der Waals surface area contributed by atoms with E-state index < -0.39 is 12.6 Å². The number of anilines is 1. The van der Waals surface area contributed by atoms with Gasteiger partial charge in [-0.3, -0.25) is 0 Å². The number of nitrogens with one attached hydrogen (secondary N) is 2. The first-order valence-electron chi connectivity index (χ1n) is 7.36. The molecule has 0 saturated carbocycles. The Kier molecular flexibility index (Phi) is 6.51. The predicted octanol–water partition coefficient (Wildman–Crippen LogP) is 2.99. The number of halogens is 2. The molecule has 0 fully saturated rings. The summed E-state index contributed by atoms with van der Waals surface area (Å²) in [6, 6.07) is 13.3.